The molecule has 0 aliphatic heterocycles. The average Bonchev–Trinajstić information content (AvgIpc) is 2.49. The third-order valence-corrected chi connectivity index (χ3v) is 3.78. The quantitative estimate of drug-likeness (QED) is 0.802. The second-order valence-corrected chi connectivity index (χ2v) is 5.59. The van der Waals surface area contributed by atoms with Crippen molar-refractivity contribution in [1.29, 1.82) is 0 Å². The van der Waals surface area contributed by atoms with E-state index in [1.54, 1.807) is 24.3 Å². The third-order valence-electron chi connectivity index (χ3n) is 3.54. The molecule has 2 aromatic rings. The summed E-state index contributed by atoms with van der Waals surface area (Å²) in [7, 11) is 0. The highest BCUT2D eigenvalue weighted by atomic mass is 35.5. The fourth-order valence-corrected chi connectivity index (χ4v) is 2.27. The zero-order valence-electron chi connectivity index (χ0n) is 12.6. The average molecular weight is 319 g/mol. The Hall–Kier alpha value is -2.04. The number of urea groups is 1. The van der Waals surface area contributed by atoms with E-state index in [1.807, 2.05) is 32.0 Å². The topological polar surface area (TPSA) is 61.4 Å². The summed E-state index contributed by atoms with van der Waals surface area (Å²) in [5.41, 5.74) is 3.55. The van der Waals surface area contributed by atoms with Gasteiger partial charge in [-0.15, -0.1) is 0 Å². The summed E-state index contributed by atoms with van der Waals surface area (Å²) < 4.78 is 0. The number of rotatable bonds is 4. The lowest BCUT2D eigenvalue weighted by Gasteiger charge is -2.14. The first-order valence-corrected chi connectivity index (χ1v) is 7.40. The van der Waals surface area contributed by atoms with Gasteiger partial charge < -0.3 is 15.7 Å². The van der Waals surface area contributed by atoms with Crippen LogP contribution in [0.5, 0.6) is 0 Å². The van der Waals surface area contributed by atoms with Crippen molar-refractivity contribution in [2.45, 2.75) is 20.0 Å². The van der Waals surface area contributed by atoms with Crippen LogP contribution in [0.1, 0.15) is 22.8 Å². The molecule has 22 heavy (non-hydrogen) atoms. The smallest absolute Gasteiger partial charge is 0.319 e. The monoisotopic (exact) mass is 318 g/mol. The van der Waals surface area contributed by atoms with Crippen LogP contribution in [0.2, 0.25) is 5.02 Å². The molecule has 0 aromatic heterocycles. The molecular weight excluding hydrogens is 300 g/mol. The van der Waals surface area contributed by atoms with E-state index in [0.717, 1.165) is 16.8 Å². The minimum Gasteiger partial charge on any atom is -0.387 e. The number of carbonyl (C=O) groups is 1. The highest BCUT2D eigenvalue weighted by Gasteiger charge is 2.11. The Morgan fingerprint density at radius 1 is 1.23 bits per heavy atom. The molecule has 2 amide bonds. The maximum absolute atomic E-state index is 11.9. The van der Waals surface area contributed by atoms with Crippen LogP contribution in [0.15, 0.2) is 42.5 Å². The van der Waals surface area contributed by atoms with E-state index in [9.17, 15) is 9.90 Å². The fraction of sp³-hybridized carbons (Fsp3) is 0.235. The molecule has 5 heteroatoms. The van der Waals surface area contributed by atoms with Gasteiger partial charge in [-0.05, 0) is 48.7 Å². The maximum Gasteiger partial charge on any atom is 0.319 e. The number of benzene rings is 2. The largest absolute Gasteiger partial charge is 0.387 e. The second-order valence-electron chi connectivity index (χ2n) is 5.15. The van der Waals surface area contributed by atoms with Crippen LogP contribution in [-0.2, 0) is 0 Å². The summed E-state index contributed by atoms with van der Waals surface area (Å²) in [6.07, 6.45) is -0.803. The highest BCUT2D eigenvalue weighted by Crippen LogP contribution is 2.19. The SMILES string of the molecule is Cc1cccc(NC(=O)NC[C@@H](O)c2cccc(Cl)c2)c1C. The summed E-state index contributed by atoms with van der Waals surface area (Å²) >= 11 is 5.88. The number of halogens is 1. The minimum absolute atomic E-state index is 0.108. The van der Waals surface area contributed by atoms with Gasteiger partial charge in [-0.1, -0.05) is 35.9 Å². The molecule has 116 valence electrons. The van der Waals surface area contributed by atoms with Gasteiger partial charge in [0.2, 0.25) is 0 Å². The first-order chi connectivity index (χ1) is 10.5. The van der Waals surface area contributed by atoms with E-state index in [-0.39, 0.29) is 12.6 Å². The van der Waals surface area contributed by atoms with Crippen molar-refractivity contribution in [1.82, 2.24) is 5.32 Å². The van der Waals surface area contributed by atoms with E-state index in [4.69, 9.17) is 11.6 Å². The lowest BCUT2D eigenvalue weighted by atomic mass is 10.1. The molecule has 0 bridgehead atoms. The van der Waals surface area contributed by atoms with Gasteiger partial charge in [0.05, 0.1) is 6.10 Å². The number of aryl methyl sites for hydroxylation is 1. The molecule has 1 atom stereocenters. The Labute approximate surface area is 135 Å². The summed E-state index contributed by atoms with van der Waals surface area (Å²) in [6.45, 7) is 4.05. The van der Waals surface area contributed by atoms with Gasteiger partial charge in [0.1, 0.15) is 0 Å². The Kier molecular flexibility index (Phi) is 5.41. The molecule has 0 fully saturated rings. The van der Waals surface area contributed by atoms with Crippen molar-refractivity contribution in [3.05, 3.63) is 64.2 Å². The molecule has 0 heterocycles. The predicted molar refractivity (Wildman–Crippen MR) is 89.3 cm³/mol. The van der Waals surface area contributed by atoms with Gasteiger partial charge in [-0.25, -0.2) is 4.79 Å². The molecule has 2 aromatic carbocycles. The second kappa shape index (κ2) is 7.29. The normalized spacial score (nSPS) is 11.8. The molecular formula is C17H19ClN2O2. The van der Waals surface area contributed by atoms with Crippen LogP contribution < -0.4 is 10.6 Å². The number of carbonyl (C=O) groups excluding carboxylic acids is 1. The number of amides is 2. The van der Waals surface area contributed by atoms with Gasteiger partial charge in [-0.2, -0.15) is 0 Å². The van der Waals surface area contributed by atoms with Crippen LogP contribution in [-0.4, -0.2) is 17.7 Å². The van der Waals surface area contributed by atoms with Gasteiger partial charge >= 0.3 is 6.03 Å². The number of aliphatic hydroxyl groups is 1. The summed E-state index contributed by atoms with van der Waals surface area (Å²) in [5.74, 6) is 0. The Morgan fingerprint density at radius 2 is 1.95 bits per heavy atom. The standard InChI is InChI=1S/C17H19ClN2O2/c1-11-5-3-8-15(12(11)2)20-17(22)19-10-16(21)13-6-4-7-14(18)9-13/h3-9,16,21H,10H2,1-2H3,(H2,19,20,22)/t16-/m1/s1. The van der Waals surface area contributed by atoms with Gasteiger partial charge in [0.25, 0.3) is 0 Å². The van der Waals surface area contributed by atoms with Crippen molar-refractivity contribution in [2.75, 3.05) is 11.9 Å². The molecule has 0 saturated carbocycles. The number of nitrogens with one attached hydrogen (secondary N) is 2. The van der Waals surface area contributed by atoms with E-state index in [2.05, 4.69) is 10.6 Å². The number of aliphatic hydroxyl groups excluding tert-OH is 1. The zero-order valence-corrected chi connectivity index (χ0v) is 13.3. The Morgan fingerprint density at radius 3 is 2.68 bits per heavy atom. The fourth-order valence-electron chi connectivity index (χ4n) is 2.07. The highest BCUT2D eigenvalue weighted by molar-refractivity contribution is 6.30. The first kappa shape index (κ1) is 16.3. The van der Waals surface area contributed by atoms with Gasteiger partial charge in [0.15, 0.2) is 0 Å². The van der Waals surface area contributed by atoms with Crippen LogP contribution in [0.25, 0.3) is 0 Å². The van der Waals surface area contributed by atoms with E-state index in [0.29, 0.717) is 10.6 Å². The lowest BCUT2D eigenvalue weighted by molar-refractivity contribution is 0.175. The lowest BCUT2D eigenvalue weighted by Crippen LogP contribution is -2.32. The van der Waals surface area contributed by atoms with Crippen molar-refractivity contribution in [3.8, 4) is 0 Å². The Bertz CT molecular complexity index is 673. The molecule has 3 N–H and O–H groups in total. The molecule has 0 saturated heterocycles. The minimum atomic E-state index is -0.803. The van der Waals surface area contributed by atoms with Gasteiger partial charge in [-0.3, -0.25) is 0 Å². The molecule has 0 aliphatic rings. The maximum atomic E-state index is 11.9. The Balaban J connectivity index is 1.91. The van der Waals surface area contributed by atoms with Crippen LogP contribution in [0.3, 0.4) is 0 Å². The molecule has 2 rings (SSSR count). The van der Waals surface area contributed by atoms with Crippen molar-refractivity contribution >= 4 is 23.3 Å². The van der Waals surface area contributed by atoms with Crippen LogP contribution in [0.4, 0.5) is 10.5 Å². The van der Waals surface area contributed by atoms with E-state index < -0.39 is 6.10 Å². The molecule has 0 unspecified atom stereocenters. The first-order valence-electron chi connectivity index (χ1n) is 7.02. The van der Waals surface area contributed by atoms with Gasteiger partial charge in [0, 0.05) is 17.3 Å². The number of hydrogen-bond donors (Lipinski definition) is 3. The molecule has 0 radical (unpaired) electrons. The summed E-state index contributed by atoms with van der Waals surface area (Å²) in [4.78, 5) is 11.9. The van der Waals surface area contributed by atoms with Crippen molar-refractivity contribution < 1.29 is 9.90 Å². The van der Waals surface area contributed by atoms with Crippen molar-refractivity contribution in [2.24, 2.45) is 0 Å². The van der Waals surface area contributed by atoms with Crippen LogP contribution >= 0.6 is 11.6 Å². The van der Waals surface area contributed by atoms with Crippen LogP contribution in [0, 0.1) is 13.8 Å². The molecule has 4 nitrogen and oxygen atoms in total. The zero-order chi connectivity index (χ0) is 16.1. The van der Waals surface area contributed by atoms with E-state index >= 15 is 0 Å². The molecule has 0 spiro atoms. The summed E-state index contributed by atoms with van der Waals surface area (Å²) in [6, 6.07) is 12.3. The number of hydrogen-bond acceptors (Lipinski definition) is 2. The third kappa shape index (κ3) is 4.23. The van der Waals surface area contributed by atoms with E-state index in [1.165, 1.54) is 0 Å². The number of anilines is 1. The molecule has 0 aliphatic carbocycles. The summed E-state index contributed by atoms with van der Waals surface area (Å²) in [5, 5.41) is 16.0. The predicted octanol–water partition coefficient (Wildman–Crippen LogP) is 3.81. The van der Waals surface area contributed by atoms with Crippen molar-refractivity contribution in [3.63, 3.8) is 0 Å².